The van der Waals surface area contributed by atoms with E-state index < -0.39 is 0 Å². The molecule has 0 saturated heterocycles. The highest BCUT2D eigenvalue weighted by Crippen LogP contribution is 2.31. The predicted octanol–water partition coefficient (Wildman–Crippen LogP) is 2.68. The van der Waals surface area contributed by atoms with Crippen LogP contribution in [0, 0.1) is 0 Å². The SMILES string of the molecule is C1=CC=C2C(=CNc3[nH][nH]s[nH]c32)C=C1. The van der Waals surface area contributed by atoms with Gasteiger partial charge in [0.2, 0.25) is 0 Å². The zero-order valence-electron chi connectivity index (χ0n) is 7.87. The molecule has 0 saturated carbocycles. The first kappa shape index (κ1) is 8.43. The number of fused-ring (bicyclic) bond motifs is 3. The molecule has 0 fully saturated rings. The summed E-state index contributed by atoms with van der Waals surface area (Å²) in [6, 6.07) is 0. The zero-order valence-corrected chi connectivity index (χ0v) is 8.69. The van der Waals surface area contributed by atoms with Gasteiger partial charge in [0.25, 0.3) is 0 Å². The van der Waals surface area contributed by atoms with Crippen LogP contribution in [0.2, 0.25) is 0 Å². The van der Waals surface area contributed by atoms with Crippen LogP contribution in [0.3, 0.4) is 0 Å². The van der Waals surface area contributed by atoms with Gasteiger partial charge in [-0.05, 0) is 5.57 Å². The topological polar surface area (TPSA) is 59.4 Å². The Labute approximate surface area is 90.7 Å². The Hall–Kier alpha value is -1.88. The quantitative estimate of drug-likeness (QED) is 0.531. The Kier molecular flexibility index (Phi) is 1.89. The highest BCUT2D eigenvalue weighted by Gasteiger charge is 2.16. The molecule has 15 heavy (non-hydrogen) atoms. The third-order valence-electron chi connectivity index (χ3n) is 2.34. The molecule has 4 N–H and O–H groups in total. The number of hydrogen-bond donors (Lipinski definition) is 4. The molecule has 5 heteroatoms. The smallest absolute Gasteiger partial charge is 0.148 e. The third-order valence-corrected chi connectivity index (χ3v) is 2.85. The summed E-state index contributed by atoms with van der Waals surface area (Å²) >= 11 is 1.42. The molecule has 0 radical (unpaired) electrons. The fourth-order valence-corrected chi connectivity index (χ4v) is 2.15. The van der Waals surface area contributed by atoms with Crippen LogP contribution in [0.15, 0.2) is 42.2 Å². The van der Waals surface area contributed by atoms with Crippen LogP contribution < -0.4 is 5.32 Å². The molecule has 0 amide bonds. The molecule has 76 valence electrons. The summed E-state index contributed by atoms with van der Waals surface area (Å²) in [6.07, 6.45) is 12.3. The van der Waals surface area contributed by atoms with E-state index in [9.17, 15) is 0 Å². The average Bonchev–Trinajstić information content (AvgIpc) is 2.54. The van der Waals surface area contributed by atoms with E-state index in [1.807, 2.05) is 24.4 Å². The fourth-order valence-electron chi connectivity index (χ4n) is 1.63. The van der Waals surface area contributed by atoms with Crippen molar-refractivity contribution in [3.63, 3.8) is 0 Å². The van der Waals surface area contributed by atoms with E-state index in [1.54, 1.807) is 0 Å². The second kappa shape index (κ2) is 3.36. The Balaban J connectivity index is 2.22. The van der Waals surface area contributed by atoms with Gasteiger partial charge in [0.05, 0.1) is 5.69 Å². The van der Waals surface area contributed by atoms with Crippen LogP contribution in [0.1, 0.15) is 5.69 Å². The van der Waals surface area contributed by atoms with Crippen LogP contribution in [0.4, 0.5) is 5.82 Å². The van der Waals surface area contributed by atoms with Crippen molar-refractivity contribution >= 4 is 23.1 Å². The number of anilines is 1. The third kappa shape index (κ3) is 1.37. The highest BCUT2D eigenvalue weighted by atomic mass is 32.1. The van der Waals surface area contributed by atoms with Gasteiger partial charge in [0.1, 0.15) is 5.82 Å². The van der Waals surface area contributed by atoms with Crippen molar-refractivity contribution in [2.75, 3.05) is 5.32 Å². The molecule has 0 unspecified atom stereocenters. The van der Waals surface area contributed by atoms with E-state index in [0.717, 1.165) is 11.5 Å². The van der Waals surface area contributed by atoms with Crippen molar-refractivity contribution in [2.45, 2.75) is 0 Å². The Morgan fingerprint density at radius 2 is 2.13 bits per heavy atom. The normalized spacial score (nSPS) is 16.8. The molecule has 0 atom stereocenters. The standard InChI is InChI=1S/C10H10N4S/c1-2-4-7-6-11-10-9(8(7)5-3-1)13-15-14-12-10/h1-6,11-14H. The van der Waals surface area contributed by atoms with Gasteiger partial charge in [-0.15, -0.1) is 0 Å². The van der Waals surface area contributed by atoms with Crippen LogP contribution >= 0.6 is 11.7 Å². The number of aromatic nitrogens is 3. The van der Waals surface area contributed by atoms with Gasteiger partial charge in [-0.3, -0.25) is 9.47 Å². The lowest BCUT2D eigenvalue weighted by Crippen LogP contribution is -2.07. The number of allylic oxidation sites excluding steroid dienone is 7. The van der Waals surface area contributed by atoms with Crippen molar-refractivity contribution in [2.24, 2.45) is 0 Å². The lowest BCUT2D eigenvalue weighted by atomic mass is 10.0. The molecule has 1 aromatic heterocycles. The lowest BCUT2D eigenvalue weighted by Gasteiger charge is -2.17. The maximum absolute atomic E-state index is 3.23. The second-order valence-corrected chi connectivity index (χ2v) is 3.86. The van der Waals surface area contributed by atoms with Gasteiger partial charge in [-0.1, -0.05) is 30.4 Å². The first-order valence-corrected chi connectivity index (χ1v) is 5.46. The molecule has 1 aliphatic carbocycles. The van der Waals surface area contributed by atoms with Crippen molar-refractivity contribution in [1.82, 2.24) is 14.0 Å². The van der Waals surface area contributed by atoms with Crippen LogP contribution in [-0.2, 0) is 0 Å². The molecule has 1 aliphatic heterocycles. The van der Waals surface area contributed by atoms with Crippen molar-refractivity contribution in [3.8, 4) is 0 Å². The maximum Gasteiger partial charge on any atom is 0.148 e. The fraction of sp³-hybridized carbons (Fsp3) is 0. The number of rotatable bonds is 0. The van der Waals surface area contributed by atoms with Gasteiger partial charge in [0, 0.05) is 23.5 Å². The van der Waals surface area contributed by atoms with Crippen LogP contribution in [-0.4, -0.2) is 14.0 Å². The molecule has 1 aromatic rings. The Bertz CT molecular complexity index is 528. The molecule has 0 spiro atoms. The van der Waals surface area contributed by atoms with Crippen molar-refractivity contribution < 1.29 is 0 Å². The molecule has 0 aromatic carbocycles. The van der Waals surface area contributed by atoms with E-state index in [2.05, 4.69) is 31.4 Å². The predicted molar refractivity (Wildman–Crippen MR) is 63.0 cm³/mol. The van der Waals surface area contributed by atoms with Gasteiger partial charge < -0.3 is 5.32 Å². The minimum Gasteiger partial charge on any atom is -0.345 e. The van der Waals surface area contributed by atoms with E-state index in [-0.39, 0.29) is 0 Å². The lowest BCUT2D eigenvalue weighted by molar-refractivity contribution is 1.08. The second-order valence-electron chi connectivity index (χ2n) is 3.25. The Morgan fingerprint density at radius 1 is 1.13 bits per heavy atom. The van der Waals surface area contributed by atoms with Crippen molar-refractivity contribution in [3.05, 3.63) is 47.8 Å². The number of H-pyrrole nitrogens is 3. The molecule has 0 bridgehead atoms. The summed E-state index contributed by atoms with van der Waals surface area (Å²) in [5.74, 6) is 0.951. The number of nitrogens with one attached hydrogen (secondary N) is 4. The summed E-state index contributed by atoms with van der Waals surface area (Å²) in [5.41, 5.74) is 3.44. The van der Waals surface area contributed by atoms with E-state index >= 15 is 0 Å². The number of hydrogen-bond acceptors (Lipinski definition) is 2. The van der Waals surface area contributed by atoms with E-state index in [1.165, 1.54) is 22.9 Å². The molecular weight excluding hydrogens is 208 g/mol. The summed E-state index contributed by atoms with van der Waals surface area (Å²) in [4.78, 5) is 0. The van der Waals surface area contributed by atoms with Crippen molar-refractivity contribution in [1.29, 1.82) is 0 Å². The minimum atomic E-state index is 0.951. The van der Waals surface area contributed by atoms with Crippen LogP contribution in [0.5, 0.6) is 0 Å². The summed E-state index contributed by atoms with van der Waals surface area (Å²) in [7, 11) is 0. The van der Waals surface area contributed by atoms with Gasteiger partial charge >= 0.3 is 0 Å². The molecule has 2 heterocycles. The van der Waals surface area contributed by atoms with Gasteiger partial charge in [0.15, 0.2) is 0 Å². The first-order valence-electron chi connectivity index (χ1n) is 4.65. The highest BCUT2D eigenvalue weighted by molar-refractivity contribution is 6.98. The summed E-state index contributed by atoms with van der Waals surface area (Å²) in [6.45, 7) is 0. The van der Waals surface area contributed by atoms with Gasteiger partial charge in [-0.25, -0.2) is 4.49 Å². The first-order chi connectivity index (χ1) is 7.45. The van der Waals surface area contributed by atoms with Gasteiger partial charge in [-0.2, -0.15) is 0 Å². The molecule has 4 nitrogen and oxygen atoms in total. The molecule has 2 aliphatic rings. The molecular formula is C10H10N4S. The monoisotopic (exact) mass is 218 g/mol. The average molecular weight is 218 g/mol. The van der Waals surface area contributed by atoms with Crippen LogP contribution in [0.25, 0.3) is 5.57 Å². The largest absolute Gasteiger partial charge is 0.345 e. The van der Waals surface area contributed by atoms with E-state index in [0.29, 0.717) is 0 Å². The summed E-state index contributed by atoms with van der Waals surface area (Å²) in [5, 5.41) is 6.26. The minimum absolute atomic E-state index is 0.951. The maximum atomic E-state index is 3.23. The zero-order chi connectivity index (χ0) is 10.1. The number of aromatic amines is 3. The molecule has 3 rings (SSSR count). The Morgan fingerprint density at radius 3 is 3.13 bits per heavy atom. The summed E-state index contributed by atoms with van der Waals surface area (Å²) < 4.78 is 6.17. The van der Waals surface area contributed by atoms with E-state index in [4.69, 9.17) is 0 Å².